The summed E-state index contributed by atoms with van der Waals surface area (Å²) in [7, 11) is 0. The smallest absolute Gasteiger partial charge is 0.321 e. The number of rotatable bonds is 6. The van der Waals surface area contributed by atoms with Crippen LogP contribution in [-0.2, 0) is 9.53 Å². The van der Waals surface area contributed by atoms with Gasteiger partial charge in [0.2, 0.25) is 5.91 Å². The summed E-state index contributed by atoms with van der Waals surface area (Å²) in [6, 6.07) is -0.451. The summed E-state index contributed by atoms with van der Waals surface area (Å²) < 4.78 is 5.45. The van der Waals surface area contributed by atoms with Gasteiger partial charge in [-0.2, -0.15) is 0 Å². The number of hydrogen-bond acceptors (Lipinski definition) is 5. The van der Waals surface area contributed by atoms with Gasteiger partial charge < -0.3 is 15.2 Å². The third-order valence-electron chi connectivity index (χ3n) is 3.02. The maximum Gasteiger partial charge on any atom is 0.321 e. The molecule has 0 aromatic carbocycles. The lowest BCUT2D eigenvalue weighted by Gasteiger charge is -2.31. The molecule has 1 heterocycles. The largest absolute Gasteiger partial charge is 0.394 e. The highest BCUT2D eigenvalue weighted by Crippen LogP contribution is 2.12. The Kier molecular flexibility index (Phi) is 7.50. The van der Waals surface area contributed by atoms with Crippen LogP contribution in [0.4, 0.5) is 4.79 Å². The Bertz CT molecular complexity index is 315. The number of imide groups is 1. The van der Waals surface area contributed by atoms with Crippen LogP contribution in [0.15, 0.2) is 0 Å². The van der Waals surface area contributed by atoms with Crippen LogP contribution in [0.25, 0.3) is 0 Å². The van der Waals surface area contributed by atoms with Crippen molar-refractivity contribution >= 4 is 11.9 Å². The van der Waals surface area contributed by atoms with Gasteiger partial charge in [0, 0.05) is 19.1 Å². The quantitative estimate of drug-likeness (QED) is 0.623. The first-order chi connectivity index (χ1) is 9.51. The Morgan fingerprint density at radius 1 is 1.35 bits per heavy atom. The molecule has 0 atom stereocenters. The molecule has 1 fully saturated rings. The molecule has 0 radical (unpaired) electrons. The average molecular weight is 287 g/mol. The average Bonchev–Trinajstić information content (AvgIpc) is 2.36. The van der Waals surface area contributed by atoms with Crippen LogP contribution in [0, 0.1) is 0 Å². The zero-order valence-electron chi connectivity index (χ0n) is 12.2. The molecule has 3 amide bonds. The molecule has 0 bridgehead atoms. The summed E-state index contributed by atoms with van der Waals surface area (Å²) in [5.74, 6) is -0.294. The highest BCUT2D eigenvalue weighted by atomic mass is 16.5. The molecule has 0 aromatic rings. The van der Waals surface area contributed by atoms with Gasteiger partial charge in [0.15, 0.2) is 0 Å². The van der Waals surface area contributed by atoms with Crippen molar-refractivity contribution in [3.63, 3.8) is 0 Å². The Morgan fingerprint density at radius 3 is 2.55 bits per heavy atom. The second-order valence-corrected chi connectivity index (χ2v) is 5.25. The number of likely N-dealkylation sites (tertiary alicyclic amines) is 1. The summed E-state index contributed by atoms with van der Waals surface area (Å²) in [5.41, 5.74) is 0. The normalized spacial score (nSPS) is 17.2. The summed E-state index contributed by atoms with van der Waals surface area (Å²) in [4.78, 5) is 25.0. The number of aliphatic hydroxyl groups is 1. The van der Waals surface area contributed by atoms with Crippen LogP contribution in [0.1, 0.15) is 26.7 Å². The SMILES string of the molecule is CC(C)NC(=O)NC(=O)CN1CCC(OCCO)CC1. The van der Waals surface area contributed by atoms with Crippen molar-refractivity contribution in [2.24, 2.45) is 0 Å². The van der Waals surface area contributed by atoms with Crippen LogP contribution >= 0.6 is 0 Å². The lowest BCUT2D eigenvalue weighted by Crippen LogP contribution is -2.48. The van der Waals surface area contributed by atoms with E-state index in [1.54, 1.807) is 0 Å². The topological polar surface area (TPSA) is 90.9 Å². The fourth-order valence-electron chi connectivity index (χ4n) is 2.12. The van der Waals surface area contributed by atoms with E-state index in [0.29, 0.717) is 6.61 Å². The van der Waals surface area contributed by atoms with E-state index in [1.807, 2.05) is 18.7 Å². The first kappa shape index (κ1) is 16.9. The van der Waals surface area contributed by atoms with E-state index < -0.39 is 6.03 Å². The molecule has 1 aliphatic rings. The highest BCUT2D eigenvalue weighted by molar-refractivity contribution is 5.95. The zero-order chi connectivity index (χ0) is 15.0. The third kappa shape index (κ3) is 6.83. The number of nitrogens with zero attached hydrogens (tertiary/aromatic N) is 1. The molecule has 0 saturated carbocycles. The number of ether oxygens (including phenoxy) is 1. The number of carbonyl (C=O) groups is 2. The minimum atomic E-state index is -0.453. The van der Waals surface area contributed by atoms with Crippen molar-refractivity contribution in [3.05, 3.63) is 0 Å². The number of nitrogens with one attached hydrogen (secondary N) is 2. The minimum Gasteiger partial charge on any atom is -0.394 e. The van der Waals surface area contributed by atoms with E-state index in [0.717, 1.165) is 25.9 Å². The molecule has 0 spiro atoms. The molecule has 1 aliphatic heterocycles. The first-order valence-electron chi connectivity index (χ1n) is 7.06. The van der Waals surface area contributed by atoms with Crippen LogP contribution in [-0.4, -0.2) is 66.9 Å². The van der Waals surface area contributed by atoms with Crippen LogP contribution < -0.4 is 10.6 Å². The zero-order valence-corrected chi connectivity index (χ0v) is 12.2. The fourth-order valence-corrected chi connectivity index (χ4v) is 2.12. The van der Waals surface area contributed by atoms with Crippen molar-refractivity contribution < 1.29 is 19.4 Å². The van der Waals surface area contributed by atoms with Crippen molar-refractivity contribution in [1.82, 2.24) is 15.5 Å². The standard InChI is InChI=1S/C13H25N3O4/c1-10(2)14-13(19)15-12(18)9-16-5-3-11(4-6-16)20-8-7-17/h10-11,17H,3-9H2,1-2H3,(H2,14,15,18,19). The number of carbonyl (C=O) groups excluding carboxylic acids is 2. The highest BCUT2D eigenvalue weighted by Gasteiger charge is 2.21. The van der Waals surface area contributed by atoms with Gasteiger partial charge in [-0.15, -0.1) is 0 Å². The Morgan fingerprint density at radius 2 is 2.00 bits per heavy atom. The minimum absolute atomic E-state index is 0.00205. The Labute approximate surface area is 119 Å². The monoisotopic (exact) mass is 287 g/mol. The van der Waals surface area contributed by atoms with E-state index in [-0.39, 0.29) is 31.2 Å². The maximum atomic E-state index is 11.7. The van der Waals surface area contributed by atoms with Crippen LogP contribution in [0.2, 0.25) is 0 Å². The second-order valence-electron chi connectivity index (χ2n) is 5.25. The Hall–Kier alpha value is -1.18. The van der Waals surface area contributed by atoms with Gasteiger partial charge in [0.1, 0.15) is 0 Å². The predicted molar refractivity (Wildman–Crippen MR) is 74.3 cm³/mol. The molecule has 7 nitrogen and oxygen atoms in total. The lowest BCUT2D eigenvalue weighted by molar-refractivity contribution is -0.121. The Balaban J connectivity index is 2.19. The molecule has 1 rings (SSSR count). The molecule has 116 valence electrons. The van der Waals surface area contributed by atoms with Gasteiger partial charge in [-0.25, -0.2) is 4.79 Å². The number of aliphatic hydroxyl groups excluding tert-OH is 1. The molecule has 1 saturated heterocycles. The lowest BCUT2D eigenvalue weighted by atomic mass is 10.1. The predicted octanol–water partition coefficient (Wildman–Crippen LogP) is -0.306. The van der Waals surface area contributed by atoms with Gasteiger partial charge in [-0.1, -0.05) is 0 Å². The maximum absolute atomic E-state index is 11.7. The molecule has 0 unspecified atom stereocenters. The third-order valence-corrected chi connectivity index (χ3v) is 3.02. The molecule has 20 heavy (non-hydrogen) atoms. The molecule has 0 aliphatic carbocycles. The van der Waals surface area contributed by atoms with Crippen LogP contribution in [0.3, 0.4) is 0 Å². The van der Waals surface area contributed by atoms with Crippen molar-refractivity contribution in [1.29, 1.82) is 0 Å². The van der Waals surface area contributed by atoms with E-state index in [4.69, 9.17) is 9.84 Å². The summed E-state index contributed by atoms with van der Waals surface area (Å²) in [6.07, 6.45) is 1.84. The van der Waals surface area contributed by atoms with Gasteiger partial charge in [0.05, 0.1) is 25.9 Å². The number of amides is 3. The summed E-state index contributed by atoms with van der Waals surface area (Å²) in [6.45, 7) is 5.80. The van der Waals surface area contributed by atoms with E-state index >= 15 is 0 Å². The van der Waals surface area contributed by atoms with Gasteiger partial charge in [-0.3, -0.25) is 15.0 Å². The molecular formula is C13H25N3O4. The van der Waals surface area contributed by atoms with Crippen molar-refractivity contribution in [2.75, 3.05) is 32.8 Å². The summed E-state index contributed by atoms with van der Waals surface area (Å²) >= 11 is 0. The van der Waals surface area contributed by atoms with Crippen LogP contribution in [0.5, 0.6) is 0 Å². The van der Waals surface area contributed by atoms with Gasteiger partial charge in [-0.05, 0) is 26.7 Å². The van der Waals surface area contributed by atoms with E-state index in [1.165, 1.54) is 0 Å². The fraction of sp³-hybridized carbons (Fsp3) is 0.846. The van der Waals surface area contributed by atoms with E-state index in [9.17, 15) is 9.59 Å². The summed E-state index contributed by atoms with van der Waals surface area (Å²) in [5, 5.41) is 13.6. The molecular weight excluding hydrogens is 262 g/mol. The number of piperidine rings is 1. The van der Waals surface area contributed by atoms with E-state index in [2.05, 4.69) is 10.6 Å². The molecule has 0 aromatic heterocycles. The number of urea groups is 1. The first-order valence-corrected chi connectivity index (χ1v) is 7.06. The van der Waals surface area contributed by atoms with Crippen molar-refractivity contribution in [2.45, 2.75) is 38.8 Å². The van der Waals surface area contributed by atoms with Crippen molar-refractivity contribution in [3.8, 4) is 0 Å². The number of hydrogen-bond donors (Lipinski definition) is 3. The molecule has 7 heteroatoms. The second kappa shape index (κ2) is 8.89. The molecule has 3 N–H and O–H groups in total. The van der Waals surface area contributed by atoms with Gasteiger partial charge >= 0.3 is 6.03 Å². The van der Waals surface area contributed by atoms with Gasteiger partial charge in [0.25, 0.3) is 0 Å².